The molecule has 0 aromatic rings. The first-order valence-electron chi connectivity index (χ1n) is 8.66. The molecule has 0 spiro atoms. The molecular formula is C17H29NO2. The van der Waals surface area contributed by atoms with Crippen LogP contribution in [0.15, 0.2) is 0 Å². The Morgan fingerprint density at radius 1 is 1.00 bits per heavy atom. The van der Waals surface area contributed by atoms with E-state index >= 15 is 0 Å². The van der Waals surface area contributed by atoms with E-state index in [4.69, 9.17) is 4.74 Å². The van der Waals surface area contributed by atoms with Gasteiger partial charge in [0.2, 0.25) is 0 Å². The van der Waals surface area contributed by atoms with Gasteiger partial charge in [0.25, 0.3) is 0 Å². The van der Waals surface area contributed by atoms with Crippen molar-refractivity contribution in [3.63, 3.8) is 0 Å². The van der Waals surface area contributed by atoms with Crippen molar-refractivity contribution in [2.24, 2.45) is 23.2 Å². The predicted octanol–water partition coefficient (Wildman–Crippen LogP) is 2.28. The highest BCUT2D eigenvalue weighted by atomic mass is 16.5. The van der Waals surface area contributed by atoms with E-state index in [0.717, 1.165) is 44.1 Å². The maximum Gasteiger partial charge on any atom is 0.0749 e. The largest absolute Gasteiger partial charge is 0.391 e. The summed E-state index contributed by atoms with van der Waals surface area (Å²) < 4.78 is 5.46. The molecule has 114 valence electrons. The summed E-state index contributed by atoms with van der Waals surface area (Å²) >= 11 is 0. The van der Waals surface area contributed by atoms with Crippen LogP contribution in [0.4, 0.5) is 0 Å². The Balaban J connectivity index is 1.51. The minimum atomic E-state index is -0.131. The van der Waals surface area contributed by atoms with Crippen LogP contribution in [-0.4, -0.2) is 48.5 Å². The average Bonchev–Trinajstić information content (AvgIpc) is 2.45. The van der Waals surface area contributed by atoms with Crippen LogP contribution in [0.1, 0.15) is 45.4 Å². The van der Waals surface area contributed by atoms with Crippen molar-refractivity contribution < 1.29 is 9.84 Å². The zero-order valence-corrected chi connectivity index (χ0v) is 12.8. The van der Waals surface area contributed by atoms with Gasteiger partial charge in [0.15, 0.2) is 0 Å². The Labute approximate surface area is 122 Å². The van der Waals surface area contributed by atoms with Crippen molar-refractivity contribution in [1.29, 1.82) is 0 Å². The Hall–Kier alpha value is -0.120. The lowest BCUT2D eigenvalue weighted by atomic mass is 9.47. The monoisotopic (exact) mass is 279 g/mol. The van der Waals surface area contributed by atoms with Gasteiger partial charge in [0.05, 0.1) is 19.3 Å². The molecule has 0 aromatic heterocycles. The van der Waals surface area contributed by atoms with Crippen molar-refractivity contribution in [3.05, 3.63) is 0 Å². The third-order valence-electron chi connectivity index (χ3n) is 6.79. The van der Waals surface area contributed by atoms with Crippen LogP contribution in [-0.2, 0) is 4.74 Å². The lowest BCUT2D eigenvalue weighted by Gasteiger charge is -2.59. The molecule has 0 radical (unpaired) electrons. The van der Waals surface area contributed by atoms with Gasteiger partial charge in [-0.25, -0.2) is 0 Å². The molecule has 0 amide bonds. The number of nitrogens with zero attached hydrogens (tertiary/aromatic N) is 1. The summed E-state index contributed by atoms with van der Waals surface area (Å²) in [6, 6.07) is 0.301. The number of hydrogen-bond donors (Lipinski definition) is 1. The Morgan fingerprint density at radius 2 is 1.50 bits per heavy atom. The Bertz CT molecular complexity index is 329. The summed E-state index contributed by atoms with van der Waals surface area (Å²) in [5.74, 6) is 2.77. The SMILES string of the molecule is C[C@H]([C@H](O)C12CC3CC(CC(C3)C1)C2)N1CCOCC1. The standard InChI is InChI=1S/C17H29NO2/c1-12(18-2-4-20-5-3-18)16(19)17-9-13-6-14(10-17)8-15(7-13)11-17/h12-16,19H,2-11H2,1H3/t12-,13?,14?,15?,16+,17?/m1/s1. The highest BCUT2D eigenvalue weighted by Crippen LogP contribution is 2.61. The topological polar surface area (TPSA) is 32.7 Å². The van der Waals surface area contributed by atoms with Gasteiger partial charge in [0.1, 0.15) is 0 Å². The molecule has 5 aliphatic rings. The van der Waals surface area contributed by atoms with Crippen LogP contribution < -0.4 is 0 Å². The fourth-order valence-corrected chi connectivity index (χ4v) is 6.24. The molecule has 4 saturated carbocycles. The van der Waals surface area contributed by atoms with Crippen molar-refractivity contribution in [3.8, 4) is 0 Å². The number of rotatable bonds is 3. The summed E-state index contributed by atoms with van der Waals surface area (Å²) in [7, 11) is 0. The molecule has 0 unspecified atom stereocenters. The molecule has 20 heavy (non-hydrogen) atoms. The molecule has 1 saturated heterocycles. The zero-order valence-electron chi connectivity index (χ0n) is 12.8. The molecule has 1 N–H and O–H groups in total. The van der Waals surface area contributed by atoms with Gasteiger partial charge in [-0.1, -0.05) is 0 Å². The van der Waals surface area contributed by atoms with Gasteiger partial charge in [0, 0.05) is 19.1 Å². The summed E-state index contributed by atoms with van der Waals surface area (Å²) in [5.41, 5.74) is 0.256. The van der Waals surface area contributed by atoms with E-state index < -0.39 is 0 Å². The van der Waals surface area contributed by atoms with E-state index in [0.29, 0.717) is 6.04 Å². The van der Waals surface area contributed by atoms with E-state index in [1.807, 2.05) is 0 Å². The third kappa shape index (κ3) is 2.13. The first-order valence-corrected chi connectivity index (χ1v) is 8.66. The molecular weight excluding hydrogens is 250 g/mol. The lowest BCUT2D eigenvalue weighted by molar-refractivity contribution is -0.146. The highest BCUT2D eigenvalue weighted by molar-refractivity contribution is 5.06. The number of morpholine rings is 1. The Morgan fingerprint density at radius 3 is 2.00 bits per heavy atom. The molecule has 5 fully saturated rings. The van der Waals surface area contributed by atoms with Gasteiger partial charge in [-0.05, 0) is 68.6 Å². The van der Waals surface area contributed by atoms with E-state index in [2.05, 4.69) is 11.8 Å². The van der Waals surface area contributed by atoms with Gasteiger partial charge in [-0.2, -0.15) is 0 Å². The quantitative estimate of drug-likeness (QED) is 0.860. The van der Waals surface area contributed by atoms with Gasteiger partial charge >= 0.3 is 0 Å². The summed E-state index contributed by atoms with van der Waals surface area (Å²) in [4.78, 5) is 2.45. The van der Waals surface area contributed by atoms with E-state index in [1.165, 1.54) is 38.5 Å². The van der Waals surface area contributed by atoms with Crippen molar-refractivity contribution >= 4 is 0 Å². The molecule has 2 atom stereocenters. The van der Waals surface area contributed by atoms with Crippen LogP contribution in [0, 0.1) is 23.2 Å². The molecule has 1 aliphatic heterocycles. The third-order valence-corrected chi connectivity index (χ3v) is 6.79. The average molecular weight is 279 g/mol. The first kappa shape index (κ1) is 13.5. The van der Waals surface area contributed by atoms with Gasteiger partial charge in [-0.3, -0.25) is 4.90 Å². The maximum absolute atomic E-state index is 11.2. The first-order chi connectivity index (χ1) is 9.66. The van der Waals surface area contributed by atoms with Gasteiger partial charge in [-0.15, -0.1) is 0 Å². The fourth-order valence-electron chi connectivity index (χ4n) is 6.24. The second kappa shape index (κ2) is 4.96. The molecule has 4 aliphatic carbocycles. The van der Waals surface area contributed by atoms with E-state index in [1.54, 1.807) is 0 Å². The highest BCUT2D eigenvalue weighted by Gasteiger charge is 2.55. The predicted molar refractivity (Wildman–Crippen MR) is 78.5 cm³/mol. The van der Waals surface area contributed by atoms with Crippen LogP contribution in [0.25, 0.3) is 0 Å². The minimum Gasteiger partial charge on any atom is -0.391 e. The second-order valence-corrected chi connectivity index (χ2v) is 8.11. The van der Waals surface area contributed by atoms with Crippen molar-refractivity contribution in [2.75, 3.05) is 26.3 Å². The van der Waals surface area contributed by atoms with Crippen LogP contribution >= 0.6 is 0 Å². The summed E-state index contributed by atoms with van der Waals surface area (Å²) in [6.07, 6.45) is 8.14. The molecule has 0 aromatic carbocycles. The van der Waals surface area contributed by atoms with E-state index in [-0.39, 0.29) is 11.5 Å². The van der Waals surface area contributed by atoms with Crippen molar-refractivity contribution in [2.45, 2.75) is 57.6 Å². The Kier molecular flexibility index (Phi) is 3.36. The molecule has 3 heteroatoms. The number of ether oxygens (including phenoxy) is 1. The number of aliphatic hydroxyl groups is 1. The van der Waals surface area contributed by atoms with Crippen molar-refractivity contribution in [1.82, 2.24) is 4.90 Å². The minimum absolute atomic E-state index is 0.131. The summed E-state index contributed by atoms with van der Waals surface area (Å²) in [5, 5.41) is 11.2. The van der Waals surface area contributed by atoms with Crippen LogP contribution in [0.5, 0.6) is 0 Å². The molecule has 1 heterocycles. The molecule has 3 nitrogen and oxygen atoms in total. The molecule has 5 rings (SSSR count). The zero-order chi connectivity index (χ0) is 13.7. The summed E-state index contributed by atoms with van der Waals surface area (Å²) in [6.45, 7) is 5.89. The number of aliphatic hydroxyl groups excluding tert-OH is 1. The second-order valence-electron chi connectivity index (χ2n) is 8.11. The fraction of sp³-hybridized carbons (Fsp3) is 1.00. The van der Waals surface area contributed by atoms with Crippen LogP contribution in [0.3, 0.4) is 0 Å². The van der Waals surface area contributed by atoms with Crippen LogP contribution in [0.2, 0.25) is 0 Å². The van der Waals surface area contributed by atoms with E-state index in [9.17, 15) is 5.11 Å². The lowest BCUT2D eigenvalue weighted by Crippen LogP contribution is -2.58. The normalized spacial score (nSPS) is 47.4. The van der Waals surface area contributed by atoms with Gasteiger partial charge < -0.3 is 9.84 Å². The number of hydrogen-bond acceptors (Lipinski definition) is 3. The maximum atomic E-state index is 11.2. The molecule has 4 bridgehead atoms. The smallest absolute Gasteiger partial charge is 0.0749 e.